The SMILES string of the molecule is CN1CCC(Nc2cccc3c(CC(F)(F)F)c(C#CCNc4ccc(S(C)(=O)=O)cc4OCC#N)sc23)CC1. The quantitative estimate of drug-likeness (QED) is 0.345. The summed E-state index contributed by atoms with van der Waals surface area (Å²) >= 11 is 1.24. The minimum Gasteiger partial charge on any atom is -0.477 e. The zero-order valence-electron chi connectivity index (χ0n) is 22.1. The van der Waals surface area contributed by atoms with Crippen LogP contribution in [0.3, 0.4) is 0 Å². The lowest BCUT2D eigenvalue weighted by Crippen LogP contribution is -2.36. The molecular formula is C28H29F3N4O3S2. The van der Waals surface area contributed by atoms with E-state index in [1.165, 1.54) is 29.5 Å². The van der Waals surface area contributed by atoms with Gasteiger partial charge in [-0.15, -0.1) is 11.3 Å². The van der Waals surface area contributed by atoms with Crippen molar-refractivity contribution in [2.75, 3.05) is 50.2 Å². The summed E-state index contributed by atoms with van der Waals surface area (Å²) in [4.78, 5) is 2.63. The van der Waals surface area contributed by atoms with Crippen LogP contribution in [0.5, 0.6) is 5.75 Å². The summed E-state index contributed by atoms with van der Waals surface area (Å²) < 4.78 is 70.6. The van der Waals surface area contributed by atoms with Gasteiger partial charge in [-0.2, -0.15) is 18.4 Å². The molecule has 2 heterocycles. The van der Waals surface area contributed by atoms with E-state index in [0.29, 0.717) is 16.0 Å². The fourth-order valence-corrected chi connectivity index (χ4v) is 6.31. The minimum absolute atomic E-state index is 0.0313. The summed E-state index contributed by atoms with van der Waals surface area (Å²) in [6.45, 7) is 1.69. The molecule has 0 spiro atoms. The van der Waals surface area contributed by atoms with Gasteiger partial charge in [0.2, 0.25) is 0 Å². The Morgan fingerprint density at radius 2 is 1.93 bits per heavy atom. The van der Waals surface area contributed by atoms with E-state index in [0.717, 1.165) is 42.6 Å². The first-order valence-corrected chi connectivity index (χ1v) is 15.3. The van der Waals surface area contributed by atoms with Crippen molar-refractivity contribution in [2.45, 2.75) is 36.4 Å². The summed E-state index contributed by atoms with van der Waals surface area (Å²) in [5.41, 5.74) is 1.38. The smallest absolute Gasteiger partial charge is 0.393 e. The van der Waals surface area contributed by atoms with Crippen molar-refractivity contribution in [3.05, 3.63) is 46.8 Å². The van der Waals surface area contributed by atoms with E-state index < -0.39 is 22.4 Å². The monoisotopic (exact) mass is 590 g/mol. The van der Waals surface area contributed by atoms with Crippen molar-refractivity contribution >= 4 is 42.6 Å². The van der Waals surface area contributed by atoms with Gasteiger partial charge < -0.3 is 20.3 Å². The Morgan fingerprint density at radius 1 is 1.18 bits per heavy atom. The topological polar surface area (TPSA) is 94.5 Å². The second kappa shape index (κ2) is 12.4. The van der Waals surface area contributed by atoms with Gasteiger partial charge in [0, 0.05) is 18.4 Å². The first-order chi connectivity index (χ1) is 18.9. The number of piperidine rings is 1. The van der Waals surface area contributed by atoms with Crippen LogP contribution in [0.15, 0.2) is 41.3 Å². The third-order valence-corrected chi connectivity index (χ3v) is 8.82. The Bertz CT molecular complexity index is 1580. The minimum atomic E-state index is -4.39. The third-order valence-electron chi connectivity index (χ3n) is 6.52. The van der Waals surface area contributed by atoms with Crippen molar-refractivity contribution in [1.82, 2.24) is 4.90 Å². The second-order valence-electron chi connectivity index (χ2n) is 9.64. The molecule has 12 heteroatoms. The summed E-state index contributed by atoms with van der Waals surface area (Å²) in [6.07, 6.45) is -2.50. The number of nitrogens with zero attached hydrogens (tertiary/aromatic N) is 2. The number of benzene rings is 2. The zero-order valence-corrected chi connectivity index (χ0v) is 23.7. The lowest BCUT2D eigenvalue weighted by atomic mass is 10.0. The molecule has 0 bridgehead atoms. The molecule has 1 aliphatic heterocycles. The van der Waals surface area contributed by atoms with E-state index in [1.54, 1.807) is 12.1 Å². The van der Waals surface area contributed by atoms with Crippen molar-refractivity contribution in [3.63, 3.8) is 0 Å². The van der Waals surface area contributed by atoms with Gasteiger partial charge in [0.1, 0.15) is 11.8 Å². The number of alkyl halides is 3. The first kappa shape index (κ1) is 29.5. The van der Waals surface area contributed by atoms with Crippen molar-refractivity contribution in [1.29, 1.82) is 5.26 Å². The van der Waals surface area contributed by atoms with Gasteiger partial charge in [-0.3, -0.25) is 0 Å². The predicted octanol–water partition coefficient (Wildman–Crippen LogP) is 5.28. The molecule has 2 N–H and O–H groups in total. The van der Waals surface area contributed by atoms with Crippen LogP contribution >= 0.6 is 11.3 Å². The van der Waals surface area contributed by atoms with Crippen LogP contribution in [0.25, 0.3) is 10.1 Å². The maximum atomic E-state index is 13.6. The molecule has 212 valence electrons. The zero-order chi connectivity index (χ0) is 28.9. The van der Waals surface area contributed by atoms with Gasteiger partial charge in [-0.25, -0.2) is 8.42 Å². The molecule has 40 heavy (non-hydrogen) atoms. The molecule has 1 fully saturated rings. The molecule has 7 nitrogen and oxygen atoms in total. The number of likely N-dealkylation sites (tertiary alicyclic amines) is 1. The van der Waals surface area contributed by atoms with E-state index >= 15 is 0 Å². The van der Waals surface area contributed by atoms with Gasteiger partial charge in [0.05, 0.1) is 38.8 Å². The molecule has 1 saturated heterocycles. The maximum Gasteiger partial charge on any atom is 0.393 e. The average Bonchev–Trinajstić information content (AvgIpc) is 3.23. The Kier molecular flexibility index (Phi) is 9.14. The fourth-order valence-electron chi connectivity index (χ4n) is 4.51. The molecule has 0 saturated carbocycles. The number of ether oxygens (including phenoxy) is 1. The van der Waals surface area contributed by atoms with Gasteiger partial charge in [0.15, 0.2) is 16.4 Å². The van der Waals surface area contributed by atoms with Crippen molar-refractivity contribution in [3.8, 4) is 23.7 Å². The second-order valence-corrected chi connectivity index (χ2v) is 12.7. The molecule has 2 aromatic carbocycles. The standard InChI is InChI=1S/C28H29F3N4O3S2/c1-35-14-10-19(11-15-35)34-24-6-3-5-21-22(18-28(29,30)31)26(39-27(21)24)7-4-13-33-23-9-8-20(40(2,36)37)17-25(23)38-16-12-32/h3,5-6,8-9,17,19,33-34H,10-11,13-16,18H2,1-2H3. The van der Waals surface area contributed by atoms with E-state index in [2.05, 4.69) is 34.4 Å². The number of thiophene rings is 1. The number of nitrogens with one attached hydrogen (secondary N) is 2. The van der Waals surface area contributed by atoms with Crippen LogP contribution in [-0.4, -0.2) is 65.1 Å². The number of rotatable bonds is 8. The number of fused-ring (bicyclic) bond motifs is 1. The summed E-state index contributed by atoms with van der Waals surface area (Å²) in [6, 6.07) is 11.7. The third kappa shape index (κ3) is 7.60. The van der Waals surface area contributed by atoms with E-state index in [1.807, 2.05) is 12.1 Å². The highest BCUT2D eigenvalue weighted by molar-refractivity contribution is 7.90. The molecule has 4 rings (SSSR count). The largest absolute Gasteiger partial charge is 0.477 e. The lowest BCUT2D eigenvalue weighted by Gasteiger charge is -2.30. The van der Waals surface area contributed by atoms with Gasteiger partial charge in [-0.1, -0.05) is 24.0 Å². The lowest BCUT2D eigenvalue weighted by molar-refractivity contribution is -0.126. The Hall–Kier alpha value is -3.45. The fraction of sp³-hybridized carbons (Fsp3) is 0.393. The highest BCUT2D eigenvalue weighted by Gasteiger charge is 2.31. The van der Waals surface area contributed by atoms with Crippen LogP contribution in [0, 0.1) is 23.2 Å². The number of halogens is 3. The highest BCUT2D eigenvalue weighted by atomic mass is 32.2. The molecule has 1 aliphatic rings. The van der Waals surface area contributed by atoms with Gasteiger partial charge >= 0.3 is 6.18 Å². The molecule has 0 amide bonds. The molecule has 3 aromatic rings. The van der Waals surface area contributed by atoms with Crippen molar-refractivity contribution < 1.29 is 26.3 Å². The van der Waals surface area contributed by atoms with Crippen LogP contribution in [0.1, 0.15) is 23.3 Å². The van der Waals surface area contributed by atoms with E-state index in [-0.39, 0.29) is 35.4 Å². The molecule has 0 unspecified atom stereocenters. The number of anilines is 2. The average molecular weight is 591 g/mol. The summed E-state index contributed by atoms with van der Waals surface area (Å²) in [5.74, 6) is 5.96. The number of hydrogen-bond acceptors (Lipinski definition) is 8. The number of hydrogen-bond donors (Lipinski definition) is 2. The predicted molar refractivity (Wildman–Crippen MR) is 152 cm³/mol. The van der Waals surface area contributed by atoms with Gasteiger partial charge in [0.25, 0.3) is 0 Å². The van der Waals surface area contributed by atoms with E-state index in [9.17, 15) is 21.6 Å². The summed E-state index contributed by atoms with van der Waals surface area (Å²) in [7, 11) is -1.42. The first-order valence-electron chi connectivity index (χ1n) is 12.6. The molecule has 1 aromatic heterocycles. The molecule has 0 atom stereocenters. The highest BCUT2D eigenvalue weighted by Crippen LogP contribution is 2.39. The van der Waals surface area contributed by atoms with Crippen molar-refractivity contribution in [2.24, 2.45) is 0 Å². The molecular weight excluding hydrogens is 561 g/mol. The maximum absolute atomic E-state index is 13.6. The number of sulfone groups is 1. The Labute approximate surface area is 235 Å². The normalized spacial score (nSPS) is 14.8. The Morgan fingerprint density at radius 3 is 2.60 bits per heavy atom. The number of nitriles is 1. The van der Waals surface area contributed by atoms with Crippen LogP contribution in [0.4, 0.5) is 24.5 Å². The van der Waals surface area contributed by atoms with Crippen LogP contribution in [0.2, 0.25) is 0 Å². The van der Waals surface area contributed by atoms with E-state index in [4.69, 9.17) is 10.00 Å². The van der Waals surface area contributed by atoms with Crippen LogP contribution in [-0.2, 0) is 16.3 Å². The van der Waals surface area contributed by atoms with Crippen LogP contribution < -0.4 is 15.4 Å². The Balaban J connectivity index is 1.60. The molecule has 0 radical (unpaired) electrons. The molecule has 0 aliphatic carbocycles. The summed E-state index contributed by atoms with van der Waals surface area (Å²) in [5, 5.41) is 15.9. The van der Waals surface area contributed by atoms with Gasteiger partial charge in [-0.05, 0) is 62.1 Å².